The molecular formula is C13H16BrFN6O2S. The highest BCUT2D eigenvalue weighted by Crippen LogP contribution is 2.23. The van der Waals surface area contributed by atoms with Gasteiger partial charge in [0.25, 0.3) is 0 Å². The lowest BCUT2D eigenvalue weighted by Crippen LogP contribution is -2.22. The SMILES string of the molecule is CS(C)=NCCNc1nonc1C(=Nc1ccc(F)c(Br)c1)NO. The normalized spacial score (nSPS) is 11.7. The molecule has 0 spiro atoms. The van der Waals surface area contributed by atoms with Gasteiger partial charge in [0.1, 0.15) is 5.82 Å². The summed E-state index contributed by atoms with van der Waals surface area (Å²) in [5.41, 5.74) is 2.56. The first-order valence-corrected chi connectivity index (χ1v) is 9.56. The van der Waals surface area contributed by atoms with Gasteiger partial charge in [0.15, 0.2) is 11.5 Å². The molecule has 8 nitrogen and oxygen atoms in total. The number of hydroxylamine groups is 1. The first-order chi connectivity index (χ1) is 11.5. The molecule has 0 unspecified atom stereocenters. The number of hydrogen-bond acceptors (Lipinski definition) is 7. The van der Waals surface area contributed by atoms with Gasteiger partial charge in [0.05, 0.1) is 16.7 Å². The highest BCUT2D eigenvalue weighted by molar-refractivity contribution is 9.10. The molecule has 0 fully saturated rings. The number of benzene rings is 1. The summed E-state index contributed by atoms with van der Waals surface area (Å²) in [5, 5.41) is 19.8. The number of rotatable bonds is 6. The van der Waals surface area contributed by atoms with E-state index in [1.165, 1.54) is 18.2 Å². The van der Waals surface area contributed by atoms with Crippen LogP contribution in [0.2, 0.25) is 0 Å². The smallest absolute Gasteiger partial charge is 0.202 e. The molecule has 11 heteroatoms. The van der Waals surface area contributed by atoms with Crippen LogP contribution in [0, 0.1) is 5.82 Å². The molecule has 0 aliphatic heterocycles. The summed E-state index contributed by atoms with van der Waals surface area (Å²) < 4.78 is 22.6. The first-order valence-electron chi connectivity index (χ1n) is 6.77. The molecule has 1 aromatic carbocycles. The van der Waals surface area contributed by atoms with Crippen LogP contribution in [-0.2, 0) is 10.7 Å². The molecule has 2 aromatic rings. The molecule has 24 heavy (non-hydrogen) atoms. The fraction of sp³-hybridized carbons (Fsp3) is 0.308. The lowest BCUT2D eigenvalue weighted by atomic mass is 10.3. The number of hydrogen-bond donors (Lipinski definition) is 3. The monoisotopic (exact) mass is 418 g/mol. The fourth-order valence-electron chi connectivity index (χ4n) is 1.68. The molecule has 0 amide bonds. The van der Waals surface area contributed by atoms with Crippen molar-refractivity contribution in [3.63, 3.8) is 0 Å². The second-order valence-electron chi connectivity index (χ2n) is 4.68. The molecule has 0 radical (unpaired) electrons. The minimum Gasteiger partial charge on any atom is -0.363 e. The van der Waals surface area contributed by atoms with E-state index in [9.17, 15) is 9.60 Å². The zero-order chi connectivity index (χ0) is 17.5. The molecule has 0 aliphatic rings. The number of amidine groups is 1. The molecule has 2 rings (SSSR count). The van der Waals surface area contributed by atoms with Gasteiger partial charge in [-0.2, -0.15) is 0 Å². The lowest BCUT2D eigenvalue weighted by Gasteiger charge is -2.05. The Hall–Kier alpha value is -1.85. The van der Waals surface area contributed by atoms with Crippen LogP contribution in [0.3, 0.4) is 0 Å². The van der Waals surface area contributed by atoms with E-state index in [2.05, 4.69) is 40.9 Å². The fourth-order valence-corrected chi connectivity index (χ4v) is 2.50. The Morgan fingerprint density at radius 3 is 2.88 bits per heavy atom. The van der Waals surface area contributed by atoms with Crippen LogP contribution in [0.4, 0.5) is 15.9 Å². The first kappa shape index (κ1) is 18.5. The van der Waals surface area contributed by atoms with Crippen molar-refractivity contribution >= 4 is 44.0 Å². The molecule has 0 saturated heterocycles. The predicted octanol–water partition coefficient (Wildman–Crippen LogP) is 2.50. The molecular weight excluding hydrogens is 403 g/mol. The van der Waals surface area contributed by atoms with Crippen LogP contribution in [0.15, 0.2) is 36.7 Å². The minimum absolute atomic E-state index is 0.00400. The third-order valence-corrected chi connectivity index (χ3v) is 4.02. The average molecular weight is 419 g/mol. The van der Waals surface area contributed by atoms with Crippen molar-refractivity contribution in [1.82, 2.24) is 15.8 Å². The summed E-state index contributed by atoms with van der Waals surface area (Å²) in [6.45, 7) is 1.14. The van der Waals surface area contributed by atoms with Crippen molar-refractivity contribution < 1.29 is 14.2 Å². The van der Waals surface area contributed by atoms with E-state index in [4.69, 9.17) is 4.63 Å². The number of nitrogens with zero attached hydrogens (tertiary/aromatic N) is 4. The molecule has 0 atom stereocenters. The average Bonchev–Trinajstić information content (AvgIpc) is 3.00. The number of aromatic nitrogens is 2. The van der Waals surface area contributed by atoms with Crippen LogP contribution in [0.5, 0.6) is 0 Å². The van der Waals surface area contributed by atoms with E-state index in [-0.39, 0.29) is 26.7 Å². The van der Waals surface area contributed by atoms with Crippen molar-refractivity contribution in [1.29, 1.82) is 0 Å². The highest BCUT2D eigenvalue weighted by Gasteiger charge is 2.16. The maximum atomic E-state index is 13.3. The van der Waals surface area contributed by atoms with Crippen LogP contribution in [0.25, 0.3) is 0 Å². The van der Waals surface area contributed by atoms with Gasteiger partial charge in [-0.25, -0.2) is 14.0 Å². The van der Waals surface area contributed by atoms with Crippen molar-refractivity contribution in [2.45, 2.75) is 0 Å². The standard InChI is InChI=1S/C13H16BrFN6O2S/c1-24(2)17-6-5-16-12-11(20-23-21-12)13(19-22)18-8-3-4-10(15)9(14)7-8/h3-4,7,22H,5-6H2,1-2H3,(H,16,21)(H,18,19). The summed E-state index contributed by atoms with van der Waals surface area (Å²) >= 11 is 3.08. The number of halogens is 2. The van der Waals surface area contributed by atoms with Crippen LogP contribution in [0.1, 0.15) is 5.69 Å². The Bertz CT molecular complexity index is 763. The zero-order valence-corrected chi connectivity index (χ0v) is 15.4. The second kappa shape index (κ2) is 8.85. The highest BCUT2D eigenvalue weighted by atomic mass is 79.9. The zero-order valence-electron chi connectivity index (χ0n) is 13.0. The Balaban J connectivity index is 2.18. The summed E-state index contributed by atoms with van der Waals surface area (Å²) in [5.74, 6) is -0.0776. The third-order valence-electron chi connectivity index (χ3n) is 2.72. The maximum Gasteiger partial charge on any atom is 0.202 e. The van der Waals surface area contributed by atoms with Gasteiger partial charge < -0.3 is 5.32 Å². The lowest BCUT2D eigenvalue weighted by molar-refractivity contribution is 0.234. The van der Waals surface area contributed by atoms with Crippen LogP contribution < -0.4 is 10.8 Å². The second-order valence-corrected chi connectivity index (χ2v) is 7.34. The van der Waals surface area contributed by atoms with Gasteiger partial charge in [-0.1, -0.05) is 0 Å². The molecule has 0 saturated carbocycles. The number of anilines is 1. The summed E-state index contributed by atoms with van der Waals surface area (Å²) in [4.78, 5) is 4.17. The molecule has 0 bridgehead atoms. The van der Waals surface area contributed by atoms with Crippen LogP contribution >= 0.6 is 15.9 Å². The third kappa shape index (κ3) is 5.08. The molecule has 1 heterocycles. The number of nitrogens with one attached hydrogen (secondary N) is 2. The maximum absolute atomic E-state index is 13.3. The summed E-state index contributed by atoms with van der Waals surface area (Å²) in [6.07, 6.45) is 4.04. The van der Waals surface area contributed by atoms with E-state index in [1.807, 2.05) is 18.0 Å². The summed E-state index contributed by atoms with van der Waals surface area (Å²) in [7, 11) is 0.00400. The van der Waals surface area contributed by atoms with Gasteiger partial charge in [-0.05, 0) is 57.0 Å². The minimum atomic E-state index is -0.410. The Morgan fingerprint density at radius 1 is 1.42 bits per heavy atom. The van der Waals surface area contributed by atoms with E-state index in [0.717, 1.165) is 0 Å². The Labute approximate surface area is 148 Å². The van der Waals surface area contributed by atoms with E-state index in [0.29, 0.717) is 24.6 Å². The Morgan fingerprint density at radius 2 is 2.21 bits per heavy atom. The van der Waals surface area contributed by atoms with Gasteiger partial charge in [-0.15, -0.1) is 10.7 Å². The quantitative estimate of drug-likeness (QED) is 0.288. The topological polar surface area (TPSA) is 108 Å². The molecule has 0 aliphatic carbocycles. The molecule has 3 N–H and O–H groups in total. The molecule has 1 aromatic heterocycles. The van der Waals surface area contributed by atoms with E-state index in [1.54, 1.807) is 0 Å². The van der Waals surface area contributed by atoms with Crippen LogP contribution in [-0.4, -0.2) is 47.0 Å². The summed E-state index contributed by atoms with van der Waals surface area (Å²) in [6, 6.07) is 4.18. The van der Waals surface area contributed by atoms with Crippen molar-refractivity contribution in [2.24, 2.45) is 9.36 Å². The Kier molecular flexibility index (Phi) is 6.82. The van der Waals surface area contributed by atoms with Crippen molar-refractivity contribution in [3.05, 3.63) is 34.2 Å². The van der Waals surface area contributed by atoms with Gasteiger partial charge in [0.2, 0.25) is 5.82 Å². The van der Waals surface area contributed by atoms with E-state index < -0.39 is 5.82 Å². The van der Waals surface area contributed by atoms with Crippen molar-refractivity contribution in [2.75, 3.05) is 30.9 Å². The van der Waals surface area contributed by atoms with Gasteiger partial charge in [-0.3, -0.25) is 15.1 Å². The van der Waals surface area contributed by atoms with Gasteiger partial charge in [0, 0.05) is 6.54 Å². The largest absolute Gasteiger partial charge is 0.363 e. The molecule has 130 valence electrons. The van der Waals surface area contributed by atoms with Gasteiger partial charge >= 0.3 is 0 Å². The van der Waals surface area contributed by atoms with Crippen molar-refractivity contribution in [3.8, 4) is 0 Å². The van der Waals surface area contributed by atoms with E-state index >= 15 is 0 Å². The predicted molar refractivity (Wildman–Crippen MR) is 94.5 cm³/mol. The number of aliphatic imine (C=N–C) groups is 1.